The fourth-order valence-electron chi connectivity index (χ4n) is 2.09. The minimum atomic E-state index is -0.245. The van der Waals surface area contributed by atoms with Crippen molar-refractivity contribution in [3.63, 3.8) is 0 Å². The summed E-state index contributed by atoms with van der Waals surface area (Å²) in [6.07, 6.45) is 3.88. The molecule has 1 aromatic rings. The fraction of sp³-hybridized carbons (Fsp3) is 0.533. The van der Waals surface area contributed by atoms with Crippen molar-refractivity contribution in [1.29, 1.82) is 0 Å². The number of carbonyl (C=O) groups excluding carboxylic acids is 1. The molecule has 0 bridgehead atoms. The second-order valence-corrected chi connectivity index (χ2v) is 4.52. The maximum atomic E-state index is 11.3. The molecule has 3 nitrogen and oxygen atoms in total. The summed E-state index contributed by atoms with van der Waals surface area (Å²) in [6, 6.07) is 3.82. The smallest absolute Gasteiger partial charge is 0.309 e. The molecule has 0 fully saturated rings. The van der Waals surface area contributed by atoms with Crippen LogP contribution in [0.4, 0.5) is 0 Å². The van der Waals surface area contributed by atoms with Crippen LogP contribution in [0.2, 0.25) is 0 Å². The Morgan fingerprint density at radius 1 is 1.17 bits per heavy atom. The van der Waals surface area contributed by atoms with Crippen LogP contribution in [0, 0.1) is 0 Å². The highest BCUT2D eigenvalue weighted by atomic mass is 16.5. The van der Waals surface area contributed by atoms with Gasteiger partial charge in [-0.2, -0.15) is 0 Å². The van der Waals surface area contributed by atoms with Gasteiger partial charge in [0, 0.05) is 0 Å². The van der Waals surface area contributed by atoms with Gasteiger partial charge in [0.05, 0.1) is 13.5 Å². The minimum absolute atomic E-state index is 0.245. The Morgan fingerprint density at radius 3 is 2.06 bits per heavy atom. The monoisotopic (exact) mass is 250 g/mol. The Balaban J connectivity index is 3.07. The molecular weight excluding hydrogens is 228 g/mol. The number of hydrogen-bond donors (Lipinski definition) is 1. The molecule has 1 rings (SSSR count). The molecule has 1 aromatic carbocycles. The van der Waals surface area contributed by atoms with Crippen LogP contribution in [-0.4, -0.2) is 18.2 Å². The third kappa shape index (κ3) is 3.76. The second-order valence-electron chi connectivity index (χ2n) is 4.52. The highest BCUT2D eigenvalue weighted by molar-refractivity contribution is 5.72. The van der Waals surface area contributed by atoms with Crippen molar-refractivity contribution < 1.29 is 14.6 Å². The van der Waals surface area contributed by atoms with E-state index in [4.69, 9.17) is 0 Å². The van der Waals surface area contributed by atoms with Gasteiger partial charge < -0.3 is 9.84 Å². The van der Waals surface area contributed by atoms with Gasteiger partial charge in [-0.25, -0.2) is 0 Å². The van der Waals surface area contributed by atoms with Crippen molar-refractivity contribution in [2.75, 3.05) is 7.11 Å². The third-order valence-corrected chi connectivity index (χ3v) is 2.94. The van der Waals surface area contributed by atoms with Crippen molar-refractivity contribution in [2.45, 2.75) is 46.0 Å². The van der Waals surface area contributed by atoms with E-state index in [0.717, 1.165) is 42.4 Å². The van der Waals surface area contributed by atoms with E-state index in [1.807, 2.05) is 12.1 Å². The average Bonchev–Trinajstić information content (AvgIpc) is 2.35. The number of esters is 1. The van der Waals surface area contributed by atoms with Crippen LogP contribution < -0.4 is 0 Å². The number of phenols is 1. The first-order valence-corrected chi connectivity index (χ1v) is 6.52. The minimum Gasteiger partial charge on any atom is -0.507 e. The molecule has 1 N–H and O–H groups in total. The van der Waals surface area contributed by atoms with Gasteiger partial charge >= 0.3 is 5.97 Å². The van der Waals surface area contributed by atoms with Crippen molar-refractivity contribution >= 4 is 5.97 Å². The van der Waals surface area contributed by atoms with E-state index in [-0.39, 0.29) is 12.4 Å². The Bertz CT molecular complexity index is 383. The summed E-state index contributed by atoms with van der Waals surface area (Å²) in [5.41, 5.74) is 2.79. The number of rotatable bonds is 6. The number of methoxy groups -OCH3 is 1. The highest BCUT2D eigenvalue weighted by Gasteiger charge is 2.11. The lowest BCUT2D eigenvalue weighted by Crippen LogP contribution is -2.06. The standard InChI is InChI=1S/C15H22O3/c1-4-6-12-8-11(10-14(16)18-3)9-13(7-5-2)15(12)17/h8-9,17H,4-7,10H2,1-3H3. The molecule has 0 aliphatic heterocycles. The third-order valence-electron chi connectivity index (χ3n) is 2.94. The van der Waals surface area contributed by atoms with E-state index in [9.17, 15) is 9.90 Å². The predicted molar refractivity (Wildman–Crippen MR) is 71.8 cm³/mol. The lowest BCUT2D eigenvalue weighted by molar-refractivity contribution is -0.139. The molecule has 0 saturated heterocycles. The van der Waals surface area contributed by atoms with Gasteiger partial charge in [0.25, 0.3) is 0 Å². The summed E-state index contributed by atoms with van der Waals surface area (Å²) >= 11 is 0. The Labute approximate surface area is 109 Å². The fourth-order valence-corrected chi connectivity index (χ4v) is 2.09. The van der Waals surface area contributed by atoms with Crippen LogP contribution in [0.15, 0.2) is 12.1 Å². The molecule has 0 heterocycles. The Morgan fingerprint density at radius 2 is 1.67 bits per heavy atom. The second kappa shape index (κ2) is 7.04. The Hall–Kier alpha value is -1.51. The van der Waals surface area contributed by atoms with E-state index in [1.54, 1.807) is 0 Å². The average molecular weight is 250 g/mol. The van der Waals surface area contributed by atoms with Crippen LogP contribution in [0.1, 0.15) is 43.4 Å². The lowest BCUT2D eigenvalue weighted by atomic mass is 9.97. The van der Waals surface area contributed by atoms with Crippen LogP contribution in [-0.2, 0) is 28.8 Å². The molecule has 0 aliphatic rings. The van der Waals surface area contributed by atoms with Crippen molar-refractivity contribution in [1.82, 2.24) is 0 Å². The molecule has 3 heteroatoms. The van der Waals surface area contributed by atoms with Crippen LogP contribution in [0.3, 0.4) is 0 Å². The van der Waals surface area contributed by atoms with E-state index >= 15 is 0 Å². The highest BCUT2D eigenvalue weighted by Crippen LogP contribution is 2.27. The largest absolute Gasteiger partial charge is 0.507 e. The zero-order valence-electron chi connectivity index (χ0n) is 11.5. The van der Waals surface area contributed by atoms with Gasteiger partial charge in [-0.05, 0) is 29.5 Å². The van der Waals surface area contributed by atoms with E-state index in [2.05, 4.69) is 18.6 Å². The molecule has 0 unspecified atom stereocenters. The van der Waals surface area contributed by atoms with E-state index in [1.165, 1.54) is 7.11 Å². The number of phenolic OH excluding ortho intramolecular Hbond substituents is 1. The first kappa shape index (κ1) is 14.6. The molecule has 0 spiro atoms. The van der Waals surface area contributed by atoms with Crippen LogP contribution in [0.5, 0.6) is 5.75 Å². The first-order valence-electron chi connectivity index (χ1n) is 6.52. The zero-order chi connectivity index (χ0) is 13.5. The van der Waals surface area contributed by atoms with Crippen molar-refractivity contribution in [3.05, 3.63) is 28.8 Å². The topological polar surface area (TPSA) is 46.5 Å². The van der Waals surface area contributed by atoms with Gasteiger partial charge in [-0.15, -0.1) is 0 Å². The van der Waals surface area contributed by atoms with Crippen molar-refractivity contribution in [3.8, 4) is 5.75 Å². The summed E-state index contributed by atoms with van der Waals surface area (Å²) in [6.45, 7) is 4.15. The van der Waals surface area contributed by atoms with Gasteiger partial charge in [-0.3, -0.25) is 4.79 Å². The molecule has 18 heavy (non-hydrogen) atoms. The number of aromatic hydroxyl groups is 1. The van der Waals surface area contributed by atoms with Crippen LogP contribution in [0.25, 0.3) is 0 Å². The predicted octanol–water partition coefficient (Wildman–Crippen LogP) is 3.01. The molecule has 0 aliphatic carbocycles. The molecular formula is C15H22O3. The van der Waals surface area contributed by atoms with E-state index in [0.29, 0.717) is 5.75 Å². The summed E-state index contributed by atoms with van der Waals surface area (Å²) in [7, 11) is 1.39. The van der Waals surface area contributed by atoms with Crippen molar-refractivity contribution in [2.24, 2.45) is 0 Å². The van der Waals surface area contributed by atoms with Gasteiger partial charge in [0.2, 0.25) is 0 Å². The molecule has 0 atom stereocenters. The van der Waals surface area contributed by atoms with Crippen LogP contribution >= 0.6 is 0 Å². The zero-order valence-corrected chi connectivity index (χ0v) is 11.5. The normalized spacial score (nSPS) is 10.4. The summed E-state index contributed by atoms with van der Waals surface area (Å²) < 4.78 is 4.68. The van der Waals surface area contributed by atoms with Gasteiger partial charge in [0.15, 0.2) is 0 Å². The van der Waals surface area contributed by atoms with Gasteiger partial charge in [-0.1, -0.05) is 38.8 Å². The number of aryl methyl sites for hydroxylation is 2. The maximum Gasteiger partial charge on any atom is 0.309 e. The SMILES string of the molecule is CCCc1cc(CC(=O)OC)cc(CCC)c1O. The summed E-state index contributed by atoms with van der Waals surface area (Å²) in [5, 5.41) is 10.2. The number of benzene rings is 1. The maximum absolute atomic E-state index is 11.3. The Kier molecular flexibility index (Phi) is 5.69. The molecule has 0 saturated carbocycles. The molecule has 0 amide bonds. The first-order chi connectivity index (χ1) is 8.62. The summed E-state index contributed by atoms with van der Waals surface area (Å²) in [5.74, 6) is 0.151. The number of carbonyl (C=O) groups is 1. The van der Waals surface area contributed by atoms with E-state index < -0.39 is 0 Å². The summed E-state index contributed by atoms with van der Waals surface area (Å²) in [4.78, 5) is 11.3. The molecule has 0 radical (unpaired) electrons. The lowest BCUT2D eigenvalue weighted by Gasteiger charge is -2.12. The molecule has 100 valence electrons. The van der Waals surface area contributed by atoms with Gasteiger partial charge in [0.1, 0.15) is 5.75 Å². The number of ether oxygens (including phenoxy) is 1. The quantitative estimate of drug-likeness (QED) is 0.789. The molecule has 0 aromatic heterocycles. The number of hydrogen-bond acceptors (Lipinski definition) is 3.